The van der Waals surface area contributed by atoms with Crippen molar-refractivity contribution in [3.8, 4) is 0 Å². The van der Waals surface area contributed by atoms with E-state index in [0.717, 1.165) is 10.6 Å². The molecule has 1 heterocycles. The molecule has 0 atom stereocenters. The summed E-state index contributed by atoms with van der Waals surface area (Å²) in [7, 11) is 1.82. The Bertz CT molecular complexity index is 536. The third-order valence-corrected chi connectivity index (χ3v) is 3.43. The zero-order chi connectivity index (χ0) is 13.0. The third kappa shape index (κ3) is 3.70. The number of thioether (sulfide) groups is 1. The van der Waals surface area contributed by atoms with Crippen LogP contribution in [0.3, 0.4) is 0 Å². The van der Waals surface area contributed by atoms with Gasteiger partial charge >= 0.3 is 0 Å². The minimum absolute atomic E-state index is 0.114. The molecule has 5 heteroatoms. The molecule has 0 N–H and O–H groups in total. The monoisotopic (exact) mass is 264 g/mol. The van der Waals surface area contributed by atoms with Gasteiger partial charge in [0.05, 0.1) is 17.9 Å². The molecule has 2 aromatic rings. The summed E-state index contributed by atoms with van der Waals surface area (Å²) in [6, 6.07) is 7.97. The molecule has 0 radical (unpaired) electrons. The maximum Gasteiger partial charge on any atom is 0.149 e. The van der Waals surface area contributed by atoms with Crippen LogP contribution in [0.4, 0.5) is 4.39 Å². The Hall–Kier alpha value is -1.62. The van der Waals surface area contributed by atoms with E-state index in [2.05, 4.69) is 5.10 Å². The lowest BCUT2D eigenvalue weighted by Gasteiger charge is -2.00. The molecule has 0 aliphatic rings. The summed E-state index contributed by atoms with van der Waals surface area (Å²) in [5.74, 6) is 0.226. The van der Waals surface area contributed by atoms with Crippen LogP contribution in [0.2, 0.25) is 0 Å². The summed E-state index contributed by atoms with van der Waals surface area (Å²) >= 11 is 1.41. The number of aryl methyl sites for hydroxylation is 1. The molecule has 0 aliphatic heterocycles. The van der Waals surface area contributed by atoms with E-state index in [1.54, 1.807) is 16.8 Å². The van der Waals surface area contributed by atoms with Crippen molar-refractivity contribution in [2.45, 2.75) is 11.3 Å². The van der Waals surface area contributed by atoms with E-state index in [1.165, 1.54) is 23.9 Å². The van der Waals surface area contributed by atoms with Crippen molar-refractivity contribution in [3.63, 3.8) is 0 Å². The first-order valence-corrected chi connectivity index (χ1v) is 6.50. The summed E-state index contributed by atoms with van der Waals surface area (Å²) in [6.45, 7) is 0. The van der Waals surface area contributed by atoms with Gasteiger partial charge in [0.25, 0.3) is 0 Å². The number of hydrogen-bond acceptors (Lipinski definition) is 3. The Morgan fingerprint density at radius 1 is 1.33 bits per heavy atom. The minimum Gasteiger partial charge on any atom is -0.298 e. The van der Waals surface area contributed by atoms with E-state index in [4.69, 9.17) is 0 Å². The van der Waals surface area contributed by atoms with Crippen molar-refractivity contribution < 1.29 is 9.18 Å². The normalized spacial score (nSPS) is 10.6. The van der Waals surface area contributed by atoms with Crippen molar-refractivity contribution in [1.82, 2.24) is 9.78 Å². The second-order valence-corrected chi connectivity index (χ2v) is 4.99. The van der Waals surface area contributed by atoms with E-state index in [9.17, 15) is 9.18 Å². The zero-order valence-electron chi connectivity index (χ0n) is 9.97. The van der Waals surface area contributed by atoms with Crippen molar-refractivity contribution in [1.29, 1.82) is 0 Å². The molecule has 1 aromatic carbocycles. The quantitative estimate of drug-likeness (QED) is 0.778. The predicted octanol–water partition coefficient (Wildman–Crippen LogP) is 2.46. The second-order valence-electron chi connectivity index (χ2n) is 3.94. The van der Waals surface area contributed by atoms with E-state index in [1.807, 2.05) is 19.3 Å². The van der Waals surface area contributed by atoms with Gasteiger partial charge in [0.2, 0.25) is 0 Å². The molecule has 0 unspecified atom stereocenters. The van der Waals surface area contributed by atoms with Crippen molar-refractivity contribution in [3.05, 3.63) is 48.0 Å². The average Bonchev–Trinajstić information content (AvgIpc) is 2.74. The molecule has 1 aromatic heterocycles. The fourth-order valence-corrected chi connectivity index (χ4v) is 2.26. The SMILES string of the molecule is Cn1ccc(CC(=O)CSc2ccc(F)cc2)n1. The van der Waals surface area contributed by atoms with Gasteiger partial charge in [-0.05, 0) is 30.3 Å². The first-order valence-electron chi connectivity index (χ1n) is 5.52. The number of carbonyl (C=O) groups is 1. The van der Waals surface area contributed by atoms with Crippen LogP contribution in [0, 0.1) is 5.82 Å². The van der Waals surface area contributed by atoms with Crippen LogP contribution < -0.4 is 0 Å². The highest BCUT2D eigenvalue weighted by molar-refractivity contribution is 8.00. The molecule has 0 aliphatic carbocycles. The van der Waals surface area contributed by atoms with Crippen LogP contribution in [0.1, 0.15) is 5.69 Å². The molecular weight excluding hydrogens is 251 g/mol. The summed E-state index contributed by atoms with van der Waals surface area (Å²) in [4.78, 5) is 12.6. The molecule has 0 saturated carbocycles. The fourth-order valence-electron chi connectivity index (χ4n) is 1.51. The van der Waals surface area contributed by atoms with Gasteiger partial charge in [-0.1, -0.05) is 0 Å². The van der Waals surface area contributed by atoms with E-state index < -0.39 is 0 Å². The minimum atomic E-state index is -0.265. The van der Waals surface area contributed by atoms with Crippen molar-refractivity contribution >= 4 is 17.5 Å². The summed E-state index contributed by atoms with van der Waals surface area (Å²) in [6.07, 6.45) is 2.16. The summed E-state index contributed by atoms with van der Waals surface area (Å²) in [5, 5.41) is 4.15. The molecular formula is C13H13FN2OS. The molecule has 0 spiro atoms. The molecule has 94 valence electrons. The van der Waals surface area contributed by atoms with Gasteiger partial charge in [-0.2, -0.15) is 5.10 Å². The Morgan fingerprint density at radius 3 is 2.67 bits per heavy atom. The molecule has 3 nitrogen and oxygen atoms in total. The number of hydrogen-bond donors (Lipinski definition) is 0. The number of Topliss-reactive ketones (excluding diaryl/α,β-unsaturated/α-hetero) is 1. The van der Waals surface area contributed by atoms with E-state index in [-0.39, 0.29) is 11.6 Å². The second kappa shape index (κ2) is 5.82. The molecule has 2 rings (SSSR count). The molecule has 18 heavy (non-hydrogen) atoms. The van der Waals surface area contributed by atoms with Gasteiger partial charge in [-0.3, -0.25) is 9.48 Å². The molecule has 0 fully saturated rings. The highest BCUT2D eigenvalue weighted by Gasteiger charge is 2.07. The molecule has 0 bridgehead atoms. The van der Waals surface area contributed by atoms with Gasteiger partial charge in [0.1, 0.15) is 11.6 Å². The standard InChI is InChI=1S/C13H13FN2OS/c1-16-7-6-11(15-16)8-12(17)9-18-13-4-2-10(14)3-5-13/h2-7H,8-9H2,1H3. The fraction of sp³-hybridized carbons (Fsp3) is 0.231. The van der Waals surface area contributed by atoms with Gasteiger partial charge < -0.3 is 0 Å². The van der Waals surface area contributed by atoms with E-state index in [0.29, 0.717) is 12.2 Å². The summed E-state index contributed by atoms with van der Waals surface area (Å²) < 4.78 is 14.4. The number of ketones is 1. The third-order valence-electron chi connectivity index (χ3n) is 2.36. The Labute approximate surface area is 109 Å². The van der Waals surface area contributed by atoms with Gasteiger partial charge in [0.15, 0.2) is 0 Å². The first-order chi connectivity index (χ1) is 8.63. The van der Waals surface area contributed by atoms with Crippen LogP contribution in [0.25, 0.3) is 0 Å². The van der Waals surface area contributed by atoms with Crippen LogP contribution in [-0.4, -0.2) is 21.3 Å². The van der Waals surface area contributed by atoms with Crippen molar-refractivity contribution in [2.24, 2.45) is 7.05 Å². The van der Waals surface area contributed by atoms with Gasteiger partial charge in [-0.25, -0.2) is 4.39 Å². The van der Waals surface area contributed by atoms with Crippen molar-refractivity contribution in [2.75, 3.05) is 5.75 Å². The number of aromatic nitrogens is 2. The number of carbonyl (C=O) groups excluding carboxylic acids is 1. The van der Waals surface area contributed by atoms with Gasteiger partial charge in [0, 0.05) is 18.1 Å². The summed E-state index contributed by atoms with van der Waals surface area (Å²) in [5.41, 5.74) is 0.780. The lowest BCUT2D eigenvalue weighted by Crippen LogP contribution is -2.06. The topological polar surface area (TPSA) is 34.9 Å². The number of benzene rings is 1. The van der Waals surface area contributed by atoms with E-state index >= 15 is 0 Å². The Kier molecular flexibility index (Phi) is 4.15. The number of rotatable bonds is 5. The molecule has 0 saturated heterocycles. The molecule has 0 amide bonds. The Balaban J connectivity index is 1.83. The number of halogens is 1. The van der Waals surface area contributed by atoms with Crippen LogP contribution in [0.15, 0.2) is 41.4 Å². The van der Waals surface area contributed by atoms with Crippen LogP contribution in [-0.2, 0) is 18.3 Å². The zero-order valence-corrected chi connectivity index (χ0v) is 10.8. The highest BCUT2D eigenvalue weighted by atomic mass is 32.2. The maximum absolute atomic E-state index is 12.7. The average molecular weight is 264 g/mol. The van der Waals surface area contributed by atoms with Gasteiger partial charge in [-0.15, -0.1) is 11.8 Å². The van der Waals surface area contributed by atoms with Crippen LogP contribution >= 0.6 is 11.8 Å². The Morgan fingerprint density at radius 2 is 2.06 bits per heavy atom. The smallest absolute Gasteiger partial charge is 0.149 e. The maximum atomic E-state index is 12.7. The predicted molar refractivity (Wildman–Crippen MR) is 69.0 cm³/mol. The largest absolute Gasteiger partial charge is 0.298 e. The lowest BCUT2D eigenvalue weighted by atomic mass is 10.2. The number of nitrogens with zero attached hydrogens (tertiary/aromatic N) is 2. The highest BCUT2D eigenvalue weighted by Crippen LogP contribution is 2.18. The first kappa shape index (κ1) is 12.8. The van der Waals surface area contributed by atoms with Crippen LogP contribution in [0.5, 0.6) is 0 Å². The lowest BCUT2D eigenvalue weighted by molar-refractivity contribution is -0.116.